The number of hydrogen-bond acceptors (Lipinski definition) is 5. The molecule has 154 valence electrons. The highest BCUT2D eigenvalue weighted by Crippen LogP contribution is 2.54. The van der Waals surface area contributed by atoms with Crippen molar-refractivity contribution in [2.45, 2.75) is 57.7 Å². The molecule has 4 unspecified atom stereocenters. The first-order chi connectivity index (χ1) is 13.5. The predicted octanol–water partition coefficient (Wildman–Crippen LogP) is 0.643. The summed E-state index contributed by atoms with van der Waals surface area (Å²) in [5, 5.41) is 6.13. The minimum absolute atomic E-state index is 0.129. The van der Waals surface area contributed by atoms with Crippen LogP contribution in [0.5, 0.6) is 0 Å². The van der Waals surface area contributed by atoms with Gasteiger partial charge in [-0.05, 0) is 32.8 Å². The lowest BCUT2D eigenvalue weighted by atomic mass is 9.76. The van der Waals surface area contributed by atoms with E-state index in [0.29, 0.717) is 17.7 Å². The van der Waals surface area contributed by atoms with Crippen LogP contribution in [-0.2, 0) is 31.1 Å². The van der Waals surface area contributed by atoms with Gasteiger partial charge in [0.25, 0.3) is 0 Å². The minimum atomic E-state index is -1.39. The number of carbonyl (C=O) groups is 4. The van der Waals surface area contributed by atoms with Crippen LogP contribution in [0.15, 0.2) is 18.2 Å². The largest absolute Gasteiger partial charge is 0.370 e. The summed E-state index contributed by atoms with van der Waals surface area (Å²) in [6, 6.07) is 4.89. The number of carbonyl (C=O) groups excluding carboxylic acids is 4. The fourth-order valence-corrected chi connectivity index (χ4v) is 5.24. The molecule has 0 saturated carbocycles. The number of imide groups is 1. The quantitative estimate of drug-likeness (QED) is 0.645. The summed E-state index contributed by atoms with van der Waals surface area (Å²) < 4.78 is 0. The molecular formula is C21H26N4O4. The predicted molar refractivity (Wildman–Crippen MR) is 105 cm³/mol. The molecule has 0 radical (unpaired) electrons. The van der Waals surface area contributed by atoms with Crippen molar-refractivity contribution in [3.05, 3.63) is 29.3 Å². The molecule has 3 heterocycles. The second kappa shape index (κ2) is 6.13. The normalized spacial score (nSPS) is 30.7. The molecule has 2 fully saturated rings. The first-order valence-corrected chi connectivity index (χ1v) is 9.91. The Balaban J connectivity index is 1.93. The van der Waals surface area contributed by atoms with E-state index in [1.54, 1.807) is 26.8 Å². The number of benzene rings is 1. The molecule has 0 bridgehead atoms. The van der Waals surface area contributed by atoms with E-state index in [0.717, 1.165) is 5.56 Å². The van der Waals surface area contributed by atoms with Crippen molar-refractivity contribution in [1.29, 1.82) is 0 Å². The van der Waals surface area contributed by atoms with Gasteiger partial charge >= 0.3 is 0 Å². The minimum Gasteiger partial charge on any atom is -0.370 e. The smallest absolute Gasteiger partial charge is 0.250 e. The van der Waals surface area contributed by atoms with Crippen LogP contribution in [0.1, 0.15) is 45.2 Å². The SMILES string of the molecule is CCc1cccc2c1NC(=O)C21NC(CC(N)=O)C2C(=O)N(C(C)(C)C)C(=O)C21. The molecule has 3 aliphatic heterocycles. The number of nitrogens with two attached hydrogens (primary N) is 1. The maximum atomic E-state index is 13.5. The van der Waals surface area contributed by atoms with E-state index in [2.05, 4.69) is 10.6 Å². The Kier molecular flexibility index (Phi) is 4.13. The van der Waals surface area contributed by atoms with Gasteiger partial charge in [-0.25, -0.2) is 0 Å². The molecule has 1 aromatic carbocycles. The zero-order valence-corrected chi connectivity index (χ0v) is 17.0. The fraction of sp³-hybridized carbons (Fsp3) is 0.524. The van der Waals surface area contributed by atoms with E-state index in [1.807, 2.05) is 19.1 Å². The van der Waals surface area contributed by atoms with E-state index < -0.39 is 40.8 Å². The Labute approximate surface area is 169 Å². The van der Waals surface area contributed by atoms with Gasteiger partial charge in [-0.2, -0.15) is 0 Å². The van der Waals surface area contributed by atoms with Crippen molar-refractivity contribution >= 4 is 29.3 Å². The Morgan fingerprint density at radius 3 is 2.48 bits per heavy atom. The van der Waals surface area contributed by atoms with E-state index in [4.69, 9.17) is 5.73 Å². The number of nitrogens with zero attached hydrogens (tertiary/aromatic N) is 1. The first-order valence-electron chi connectivity index (χ1n) is 9.91. The lowest BCUT2D eigenvalue weighted by Crippen LogP contribution is -2.56. The molecule has 8 nitrogen and oxygen atoms in total. The number of amides is 4. The summed E-state index contributed by atoms with van der Waals surface area (Å²) >= 11 is 0. The molecule has 4 rings (SSSR count). The average molecular weight is 398 g/mol. The van der Waals surface area contributed by atoms with Gasteiger partial charge in [0.1, 0.15) is 5.54 Å². The van der Waals surface area contributed by atoms with Crippen molar-refractivity contribution in [3.8, 4) is 0 Å². The van der Waals surface area contributed by atoms with Gasteiger partial charge < -0.3 is 11.1 Å². The monoisotopic (exact) mass is 398 g/mol. The van der Waals surface area contributed by atoms with Crippen molar-refractivity contribution in [2.75, 3.05) is 5.32 Å². The summed E-state index contributed by atoms with van der Waals surface area (Å²) in [6.07, 6.45) is 0.579. The number of rotatable bonds is 3. The number of likely N-dealkylation sites (tertiary alicyclic amines) is 1. The highest BCUT2D eigenvalue weighted by atomic mass is 16.2. The van der Waals surface area contributed by atoms with Crippen molar-refractivity contribution < 1.29 is 19.2 Å². The van der Waals surface area contributed by atoms with Crippen LogP contribution < -0.4 is 16.4 Å². The van der Waals surface area contributed by atoms with E-state index in [-0.39, 0.29) is 18.2 Å². The molecule has 29 heavy (non-hydrogen) atoms. The standard InChI is InChI=1S/C21H26N4O4/c1-5-10-7-6-8-11-16(10)23-19(29)21(11)15-14(12(24-21)9-13(22)26)17(27)25(18(15)28)20(2,3)4/h6-8,12,14-15,24H,5,9H2,1-4H3,(H2,22,26)(H,23,29). The Morgan fingerprint density at radius 1 is 1.21 bits per heavy atom. The van der Waals surface area contributed by atoms with Gasteiger partial charge in [0, 0.05) is 29.3 Å². The summed E-state index contributed by atoms with van der Waals surface area (Å²) in [4.78, 5) is 53.1. The van der Waals surface area contributed by atoms with Gasteiger partial charge in [0.2, 0.25) is 23.6 Å². The average Bonchev–Trinajstić information content (AvgIpc) is 3.18. The van der Waals surface area contributed by atoms with E-state index in [1.165, 1.54) is 4.90 Å². The molecule has 3 aliphatic rings. The Hall–Kier alpha value is -2.74. The summed E-state index contributed by atoms with van der Waals surface area (Å²) in [7, 11) is 0. The Morgan fingerprint density at radius 2 is 1.90 bits per heavy atom. The van der Waals surface area contributed by atoms with Crippen LogP contribution in [0, 0.1) is 11.8 Å². The van der Waals surface area contributed by atoms with Crippen molar-refractivity contribution in [1.82, 2.24) is 10.2 Å². The van der Waals surface area contributed by atoms with Crippen LogP contribution in [0.25, 0.3) is 0 Å². The van der Waals surface area contributed by atoms with Crippen molar-refractivity contribution in [3.63, 3.8) is 0 Å². The number of para-hydroxylation sites is 1. The number of hydrogen-bond donors (Lipinski definition) is 3. The Bertz CT molecular complexity index is 950. The third-order valence-corrected chi connectivity index (χ3v) is 6.31. The fourth-order valence-electron chi connectivity index (χ4n) is 5.24. The number of primary amides is 1. The van der Waals surface area contributed by atoms with Gasteiger partial charge in [-0.1, -0.05) is 25.1 Å². The molecule has 2 saturated heterocycles. The lowest BCUT2D eigenvalue weighted by Gasteiger charge is -2.34. The van der Waals surface area contributed by atoms with Gasteiger partial charge in [-0.3, -0.25) is 29.4 Å². The number of nitrogens with one attached hydrogen (secondary N) is 2. The molecule has 8 heteroatoms. The zero-order valence-electron chi connectivity index (χ0n) is 17.0. The topological polar surface area (TPSA) is 122 Å². The second-order valence-electron chi connectivity index (χ2n) is 9.06. The number of anilines is 1. The van der Waals surface area contributed by atoms with Gasteiger partial charge in [-0.15, -0.1) is 0 Å². The number of fused-ring (bicyclic) bond motifs is 4. The van der Waals surface area contributed by atoms with E-state index >= 15 is 0 Å². The molecule has 1 spiro atoms. The molecular weight excluding hydrogens is 372 g/mol. The van der Waals surface area contributed by atoms with Crippen LogP contribution in [-0.4, -0.2) is 40.1 Å². The maximum absolute atomic E-state index is 13.5. The third-order valence-electron chi connectivity index (χ3n) is 6.31. The van der Waals surface area contributed by atoms with Crippen LogP contribution in [0.4, 0.5) is 5.69 Å². The second-order valence-corrected chi connectivity index (χ2v) is 9.06. The van der Waals surface area contributed by atoms with Gasteiger partial charge in [0.05, 0.1) is 11.8 Å². The molecule has 0 aliphatic carbocycles. The van der Waals surface area contributed by atoms with Crippen LogP contribution in [0.2, 0.25) is 0 Å². The highest BCUT2D eigenvalue weighted by molar-refractivity contribution is 6.15. The molecule has 1 aromatic rings. The maximum Gasteiger partial charge on any atom is 0.250 e. The summed E-state index contributed by atoms with van der Waals surface area (Å²) in [6.45, 7) is 7.33. The summed E-state index contributed by atoms with van der Waals surface area (Å²) in [5.74, 6) is -3.46. The number of aryl methyl sites for hydroxylation is 1. The van der Waals surface area contributed by atoms with Crippen LogP contribution in [0.3, 0.4) is 0 Å². The van der Waals surface area contributed by atoms with Crippen LogP contribution >= 0.6 is 0 Å². The highest BCUT2D eigenvalue weighted by Gasteiger charge is 2.71. The molecule has 4 atom stereocenters. The molecule has 0 aromatic heterocycles. The van der Waals surface area contributed by atoms with Gasteiger partial charge in [0.15, 0.2) is 0 Å². The summed E-state index contributed by atoms with van der Waals surface area (Å²) in [5.41, 5.74) is 5.59. The molecule has 4 amide bonds. The van der Waals surface area contributed by atoms with E-state index in [9.17, 15) is 19.2 Å². The third kappa shape index (κ3) is 2.48. The van der Waals surface area contributed by atoms with Crippen molar-refractivity contribution in [2.24, 2.45) is 17.6 Å². The molecule has 4 N–H and O–H groups in total. The zero-order chi connectivity index (χ0) is 21.3. The lowest BCUT2D eigenvalue weighted by molar-refractivity contribution is -0.147. The first kappa shape index (κ1) is 19.6.